The van der Waals surface area contributed by atoms with E-state index in [0.29, 0.717) is 25.7 Å². The van der Waals surface area contributed by atoms with Gasteiger partial charge in [-0.1, -0.05) is 19.9 Å². The molecule has 0 aliphatic rings. The first-order valence-electron chi connectivity index (χ1n) is 6.11. The van der Waals surface area contributed by atoms with E-state index in [1.807, 2.05) is 18.2 Å². The zero-order valence-corrected chi connectivity index (χ0v) is 12.8. The first kappa shape index (κ1) is 15.5. The molecule has 0 bridgehead atoms. The van der Waals surface area contributed by atoms with Gasteiger partial charge in [0.2, 0.25) is 0 Å². The highest BCUT2D eigenvalue weighted by molar-refractivity contribution is 9.10. The zero-order valence-electron chi connectivity index (χ0n) is 11.2. The Bertz CT molecular complexity index is 353. The fraction of sp³-hybridized carbons (Fsp3) is 0.571. The van der Waals surface area contributed by atoms with Crippen molar-refractivity contribution in [1.82, 2.24) is 0 Å². The Morgan fingerprint density at radius 1 is 1.17 bits per heavy atom. The molecule has 0 aromatic heterocycles. The molecule has 4 heteroatoms. The van der Waals surface area contributed by atoms with Crippen LogP contribution < -0.4 is 4.74 Å². The lowest BCUT2D eigenvalue weighted by atomic mass is 10.2. The summed E-state index contributed by atoms with van der Waals surface area (Å²) >= 11 is 3.45. The van der Waals surface area contributed by atoms with E-state index in [2.05, 4.69) is 29.8 Å². The van der Waals surface area contributed by atoms with Crippen LogP contribution in [0.25, 0.3) is 0 Å². The normalized spacial score (nSPS) is 10.9. The van der Waals surface area contributed by atoms with Crippen LogP contribution in [0.2, 0.25) is 0 Å². The third kappa shape index (κ3) is 5.85. The van der Waals surface area contributed by atoms with Gasteiger partial charge in [-0.2, -0.15) is 0 Å². The summed E-state index contributed by atoms with van der Waals surface area (Å²) in [5.41, 5.74) is 1.12. The van der Waals surface area contributed by atoms with Crippen molar-refractivity contribution in [3.05, 3.63) is 28.2 Å². The lowest BCUT2D eigenvalue weighted by Gasteiger charge is -2.09. The van der Waals surface area contributed by atoms with E-state index in [-0.39, 0.29) is 0 Å². The van der Waals surface area contributed by atoms with Gasteiger partial charge in [0.1, 0.15) is 5.75 Å². The van der Waals surface area contributed by atoms with E-state index in [4.69, 9.17) is 14.2 Å². The summed E-state index contributed by atoms with van der Waals surface area (Å²) < 4.78 is 17.1. The number of benzene rings is 1. The lowest BCUT2D eigenvalue weighted by molar-refractivity contribution is 0.0314. The average molecular weight is 317 g/mol. The summed E-state index contributed by atoms with van der Waals surface area (Å²) in [5.74, 6) is 1.40. The first-order valence-corrected chi connectivity index (χ1v) is 6.90. The van der Waals surface area contributed by atoms with Gasteiger partial charge in [0, 0.05) is 6.61 Å². The minimum Gasteiger partial charge on any atom is -0.496 e. The Balaban J connectivity index is 2.21. The summed E-state index contributed by atoms with van der Waals surface area (Å²) in [6, 6.07) is 5.93. The second kappa shape index (κ2) is 8.51. The molecule has 0 spiro atoms. The van der Waals surface area contributed by atoms with Gasteiger partial charge in [0.15, 0.2) is 0 Å². The number of rotatable bonds is 8. The van der Waals surface area contributed by atoms with Crippen LogP contribution in [-0.2, 0) is 16.1 Å². The van der Waals surface area contributed by atoms with Gasteiger partial charge >= 0.3 is 0 Å². The quantitative estimate of drug-likeness (QED) is 0.685. The number of hydrogen-bond acceptors (Lipinski definition) is 3. The molecule has 1 aromatic rings. The summed E-state index contributed by atoms with van der Waals surface area (Å²) in [7, 11) is 1.66. The predicted octanol–water partition coefficient (Wildman–Crippen LogP) is 3.65. The highest BCUT2D eigenvalue weighted by Crippen LogP contribution is 2.25. The summed E-state index contributed by atoms with van der Waals surface area (Å²) in [5, 5.41) is 0. The van der Waals surface area contributed by atoms with E-state index in [0.717, 1.165) is 22.4 Å². The molecule has 0 heterocycles. The fourth-order valence-corrected chi connectivity index (χ4v) is 2.01. The second-order valence-electron chi connectivity index (χ2n) is 4.49. The number of hydrogen-bond donors (Lipinski definition) is 0. The molecule has 1 aromatic carbocycles. The maximum atomic E-state index is 5.54. The summed E-state index contributed by atoms with van der Waals surface area (Å²) in [6.45, 7) is 6.92. The summed E-state index contributed by atoms with van der Waals surface area (Å²) in [4.78, 5) is 0. The van der Waals surface area contributed by atoms with Crippen LogP contribution in [0.5, 0.6) is 5.75 Å². The monoisotopic (exact) mass is 316 g/mol. The van der Waals surface area contributed by atoms with Crippen molar-refractivity contribution in [3.63, 3.8) is 0 Å². The predicted molar refractivity (Wildman–Crippen MR) is 76.0 cm³/mol. The average Bonchev–Trinajstić information content (AvgIpc) is 2.33. The van der Waals surface area contributed by atoms with Gasteiger partial charge < -0.3 is 14.2 Å². The van der Waals surface area contributed by atoms with Crippen molar-refractivity contribution >= 4 is 15.9 Å². The molecule has 0 amide bonds. The molecule has 0 aliphatic heterocycles. The maximum Gasteiger partial charge on any atom is 0.133 e. The zero-order chi connectivity index (χ0) is 13.4. The van der Waals surface area contributed by atoms with Gasteiger partial charge in [-0.25, -0.2) is 0 Å². The topological polar surface area (TPSA) is 27.7 Å². The molecule has 18 heavy (non-hydrogen) atoms. The standard InChI is InChI=1S/C14H21BrO3/c1-11(2)9-17-6-7-18-10-12-4-5-14(16-3)13(15)8-12/h4-5,8,11H,6-7,9-10H2,1-3H3. The minimum absolute atomic E-state index is 0.572. The highest BCUT2D eigenvalue weighted by Gasteiger charge is 2.01. The van der Waals surface area contributed by atoms with Gasteiger partial charge in [0.05, 0.1) is 31.4 Å². The molecule has 3 nitrogen and oxygen atoms in total. The van der Waals surface area contributed by atoms with Gasteiger partial charge in [-0.15, -0.1) is 0 Å². The summed E-state index contributed by atoms with van der Waals surface area (Å²) in [6.07, 6.45) is 0. The van der Waals surface area contributed by atoms with Crippen LogP contribution in [0.4, 0.5) is 0 Å². The lowest BCUT2D eigenvalue weighted by Crippen LogP contribution is -2.08. The largest absolute Gasteiger partial charge is 0.496 e. The molecule has 1 rings (SSSR count). The Hall–Kier alpha value is -0.580. The Morgan fingerprint density at radius 3 is 2.50 bits per heavy atom. The van der Waals surface area contributed by atoms with Gasteiger partial charge in [0.25, 0.3) is 0 Å². The molecule has 0 saturated heterocycles. The SMILES string of the molecule is COc1ccc(COCCOCC(C)C)cc1Br. The van der Waals surface area contributed by atoms with Crippen molar-refractivity contribution in [2.24, 2.45) is 5.92 Å². The first-order chi connectivity index (χ1) is 8.63. The third-order valence-corrected chi connectivity index (χ3v) is 2.93. The molecule has 102 valence electrons. The van der Waals surface area contributed by atoms with E-state index in [1.54, 1.807) is 7.11 Å². The molecule has 0 unspecified atom stereocenters. The van der Waals surface area contributed by atoms with Gasteiger partial charge in [-0.3, -0.25) is 0 Å². The Kier molecular flexibility index (Phi) is 7.32. The minimum atomic E-state index is 0.572. The molecular weight excluding hydrogens is 296 g/mol. The molecule has 0 atom stereocenters. The van der Waals surface area contributed by atoms with Crippen LogP contribution in [0, 0.1) is 5.92 Å². The number of halogens is 1. The molecular formula is C14H21BrO3. The van der Waals surface area contributed by atoms with Crippen molar-refractivity contribution < 1.29 is 14.2 Å². The third-order valence-electron chi connectivity index (χ3n) is 2.31. The van der Waals surface area contributed by atoms with E-state index in [1.165, 1.54) is 0 Å². The van der Waals surface area contributed by atoms with E-state index < -0.39 is 0 Å². The van der Waals surface area contributed by atoms with E-state index >= 15 is 0 Å². The second-order valence-corrected chi connectivity index (χ2v) is 5.34. The number of ether oxygens (including phenoxy) is 3. The number of methoxy groups -OCH3 is 1. The molecule has 0 aliphatic carbocycles. The van der Waals surface area contributed by atoms with Crippen LogP contribution >= 0.6 is 15.9 Å². The highest BCUT2D eigenvalue weighted by atomic mass is 79.9. The molecule has 0 N–H and O–H groups in total. The van der Waals surface area contributed by atoms with Gasteiger partial charge in [-0.05, 0) is 39.5 Å². The Labute approximate surface area is 118 Å². The molecule has 0 fully saturated rings. The van der Waals surface area contributed by atoms with Crippen molar-refractivity contribution in [1.29, 1.82) is 0 Å². The van der Waals surface area contributed by atoms with Crippen LogP contribution in [0.3, 0.4) is 0 Å². The Morgan fingerprint density at radius 2 is 1.89 bits per heavy atom. The van der Waals surface area contributed by atoms with Crippen molar-refractivity contribution in [3.8, 4) is 5.75 Å². The van der Waals surface area contributed by atoms with Crippen LogP contribution in [0.1, 0.15) is 19.4 Å². The van der Waals surface area contributed by atoms with Crippen molar-refractivity contribution in [2.75, 3.05) is 26.9 Å². The van der Waals surface area contributed by atoms with E-state index in [9.17, 15) is 0 Å². The maximum absolute atomic E-state index is 5.54. The smallest absolute Gasteiger partial charge is 0.133 e. The van der Waals surface area contributed by atoms with Crippen molar-refractivity contribution in [2.45, 2.75) is 20.5 Å². The van der Waals surface area contributed by atoms with Crippen LogP contribution in [0.15, 0.2) is 22.7 Å². The van der Waals surface area contributed by atoms with Crippen LogP contribution in [-0.4, -0.2) is 26.9 Å². The fourth-order valence-electron chi connectivity index (χ4n) is 1.43. The molecule has 0 saturated carbocycles. The molecule has 0 radical (unpaired) electrons.